The molecule has 4 nitrogen and oxygen atoms in total. The van der Waals surface area contributed by atoms with E-state index in [2.05, 4.69) is 37.5 Å². The first kappa shape index (κ1) is 24.8. The molecule has 31 heavy (non-hydrogen) atoms. The Morgan fingerprint density at radius 2 is 1.35 bits per heavy atom. The lowest BCUT2D eigenvalue weighted by atomic mass is 9.94. The van der Waals surface area contributed by atoms with Crippen LogP contribution in [0, 0.1) is 0 Å². The summed E-state index contributed by atoms with van der Waals surface area (Å²) in [4.78, 5) is 4.79. The molecule has 4 fully saturated rings. The Morgan fingerprint density at radius 1 is 0.871 bits per heavy atom. The molecule has 0 spiro atoms. The van der Waals surface area contributed by atoms with E-state index in [9.17, 15) is 8.78 Å². The SMILES string of the molecule is CC(C)OCC12CCCN1C/C(=C/F)C2.CCC(C)OCC12CCCN1C/C(=C\F)C2. The summed E-state index contributed by atoms with van der Waals surface area (Å²) >= 11 is 0. The van der Waals surface area contributed by atoms with Crippen molar-refractivity contribution >= 4 is 0 Å². The molecule has 0 bridgehead atoms. The molecular weight excluding hydrogens is 398 g/mol. The fourth-order valence-corrected chi connectivity index (χ4v) is 5.64. The van der Waals surface area contributed by atoms with Crippen LogP contribution in [0.2, 0.25) is 0 Å². The van der Waals surface area contributed by atoms with E-state index < -0.39 is 0 Å². The minimum absolute atomic E-state index is 0.112. The Hall–Kier alpha value is -0.820. The number of fused-ring (bicyclic) bond motifs is 2. The second-order valence-corrected chi connectivity index (χ2v) is 10.3. The zero-order chi connectivity index (χ0) is 22.5. The van der Waals surface area contributed by atoms with Gasteiger partial charge in [0.05, 0.1) is 38.1 Å². The third kappa shape index (κ3) is 5.76. The Labute approximate surface area is 187 Å². The van der Waals surface area contributed by atoms with Gasteiger partial charge in [-0.15, -0.1) is 0 Å². The van der Waals surface area contributed by atoms with E-state index in [1.165, 1.54) is 12.8 Å². The molecule has 3 unspecified atom stereocenters. The van der Waals surface area contributed by atoms with Crippen LogP contribution in [0.15, 0.2) is 23.8 Å². The zero-order valence-corrected chi connectivity index (χ0v) is 20.0. The largest absolute Gasteiger partial charge is 0.377 e. The van der Waals surface area contributed by atoms with Crippen molar-refractivity contribution < 1.29 is 18.3 Å². The van der Waals surface area contributed by atoms with Crippen LogP contribution < -0.4 is 0 Å². The van der Waals surface area contributed by atoms with Crippen molar-refractivity contribution in [1.82, 2.24) is 9.80 Å². The third-order valence-electron chi connectivity index (χ3n) is 7.59. The van der Waals surface area contributed by atoms with Gasteiger partial charge in [-0.25, -0.2) is 8.78 Å². The molecule has 0 aromatic carbocycles. The molecule has 0 amide bonds. The first-order chi connectivity index (χ1) is 14.9. The van der Waals surface area contributed by atoms with Gasteiger partial charge in [0.15, 0.2) is 0 Å². The van der Waals surface area contributed by atoms with Gasteiger partial charge in [-0.1, -0.05) is 6.92 Å². The minimum atomic E-state index is 0.112. The van der Waals surface area contributed by atoms with Gasteiger partial charge in [-0.3, -0.25) is 9.80 Å². The van der Waals surface area contributed by atoms with E-state index in [1.54, 1.807) is 0 Å². The van der Waals surface area contributed by atoms with Gasteiger partial charge in [0.1, 0.15) is 0 Å². The average Bonchev–Trinajstić information content (AvgIpc) is 3.48. The normalized spacial score (nSPS) is 34.4. The zero-order valence-electron chi connectivity index (χ0n) is 20.0. The summed E-state index contributed by atoms with van der Waals surface area (Å²) in [5, 5.41) is 0. The smallest absolute Gasteiger partial charge is 0.0872 e. The molecule has 6 heteroatoms. The molecule has 4 aliphatic heterocycles. The number of rotatable bonds is 7. The Bertz CT molecular complexity index is 653. The molecule has 0 aliphatic carbocycles. The van der Waals surface area contributed by atoms with Crippen LogP contribution in [-0.2, 0) is 9.47 Å². The van der Waals surface area contributed by atoms with E-state index in [0.29, 0.717) is 6.10 Å². The van der Waals surface area contributed by atoms with Gasteiger partial charge >= 0.3 is 0 Å². The van der Waals surface area contributed by atoms with Crippen LogP contribution in [0.5, 0.6) is 0 Å². The molecule has 4 rings (SSSR count). The van der Waals surface area contributed by atoms with Gasteiger partial charge in [-0.2, -0.15) is 0 Å². The molecule has 0 aromatic heterocycles. The molecule has 0 aromatic rings. The van der Waals surface area contributed by atoms with Crippen molar-refractivity contribution in [1.29, 1.82) is 0 Å². The predicted molar refractivity (Wildman–Crippen MR) is 121 cm³/mol. The lowest BCUT2D eigenvalue weighted by Crippen LogP contribution is -2.43. The highest BCUT2D eigenvalue weighted by atomic mass is 19.1. The van der Waals surface area contributed by atoms with Crippen molar-refractivity contribution in [2.75, 3.05) is 39.4 Å². The Morgan fingerprint density at radius 3 is 1.77 bits per heavy atom. The summed E-state index contributed by atoms with van der Waals surface area (Å²) in [6.45, 7) is 13.7. The van der Waals surface area contributed by atoms with Crippen LogP contribution in [-0.4, -0.2) is 72.5 Å². The van der Waals surface area contributed by atoms with Gasteiger partial charge < -0.3 is 9.47 Å². The Balaban J connectivity index is 0.000000176. The number of halogens is 2. The van der Waals surface area contributed by atoms with Crippen molar-refractivity contribution in [2.24, 2.45) is 0 Å². The minimum Gasteiger partial charge on any atom is -0.377 e. The highest BCUT2D eigenvalue weighted by Gasteiger charge is 2.47. The molecule has 4 saturated heterocycles. The quantitative estimate of drug-likeness (QED) is 0.529. The molecule has 4 heterocycles. The molecule has 0 N–H and O–H groups in total. The summed E-state index contributed by atoms with van der Waals surface area (Å²) in [7, 11) is 0. The predicted octanol–water partition coefficient (Wildman–Crippen LogP) is 5.40. The lowest BCUT2D eigenvalue weighted by Gasteiger charge is -2.32. The van der Waals surface area contributed by atoms with Gasteiger partial charge in [0.25, 0.3) is 0 Å². The lowest BCUT2D eigenvalue weighted by molar-refractivity contribution is -0.00560. The van der Waals surface area contributed by atoms with E-state index >= 15 is 0 Å². The first-order valence-corrected chi connectivity index (χ1v) is 12.2. The number of ether oxygens (including phenoxy) is 2. The molecule has 178 valence electrons. The summed E-state index contributed by atoms with van der Waals surface area (Å²) < 4.78 is 36.8. The van der Waals surface area contributed by atoms with Crippen molar-refractivity contribution in [3.8, 4) is 0 Å². The molecule has 3 atom stereocenters. The van der Waals surface area contributed by atoms with Gasteiger partial charge in [0, 0.05) is 24.2 Å². The monoisotopic (exact) mass is 440 g/mol. The van der Waals surface area contributed by atoms with Crippen molar-refractivity contribution in [2.45, 2.75) is 95.9 Å². The molecule has 4 aliphatic rings. The summed E-state index contributed by atoms with van der Waals surface area (Å²) in [6, 6.07) is 0. The third-order valence-corrected chi connectivity index (χ3v) is 7.59. The Kier molecular flexibility index (Phi) is 8.70. The maximum absolute atomic E-state index is 12.6. The van der Waals surface area contributed by atoms with E-state index in [-0.39, 0.29) is 17.2 Å². The highest BCUT2D eigenvalue weighted by molar-refractivity contribution is 5.20. The van der Waals surface area contributed by atoms with Gasteiger partial charge in [-0.05, 0) is 90.0 Å². The maximum Gasteiger partial charge on any atom is 0.0872 e. The fraction of sp³-hybridized carbons (Fsp3) is 0.840. The second kappa shape index (κ2) is 10.9. The van der Waals surface area contributed by atoms with E-state index in [0.717, 1.165) is 95.3 Å². The summed E-state index contributed by atoms with van der Waals surface area (Å²) in [6.07, 6.45) is 9.68. The molecule has 0 saturated carbocycles. The van der Waals surface area contributed by atoms with Crippen molar-refractivity contribution in [3.63, 3.8) is 0 Å². The van der Waals surface area contributed by atoms with Crippen LogP contribution in [0.1, 0.15) is 72.6 Å². The standard InChI is InChI=1S/C13H22FNO.C12H20FNO/c1-3-11(2)16-10-13-5-4-6-15(13)9-12(7-13)8-14;1-10(2)15-9-12-4-3-5-14(12)8-11(6-12)7-13/h8,11H,3-7,9-10H2,1-2H3;7,10H,3-6,8-9H2,1-2H3/b12-8-;11-7+. The number of nitrogens with zero attached hydrogens (tertiary/aromatic N) is 2. The highest BCUT2D eigenvalue weighted by Crippen LogP contribution is 2.42. The van der Waals surface area contributed by atoms with E-state index in [4.69, 9.17) is 9.47 Å². The van der Waals surface area contributed by atoms with Gasteiger partial charge in [0.2, 0.25) is 0 Å². The second-order valence-electron chi connectivity index (χ2n) is 10.3. The van der Waals surface area contributed by atoms with Crippen molar-refractivity contribution in [3.05, 3.63) is 23.8 Å². The van der Waals surface area contributed by atoms with Crippen LogP contribution in [0.4, 0.5) is 8.78 Å². The topological polar surface area (TPSA) is 24.9 Å². The fourth-order valence-electron chi connectivity index (χ4n) is 5.64. The maximum atomic E-state index is 12.6. The van der Waals surface area contributed by atoms with Crippen LogP contribution >= 0.6 is 0 Å². The van der Waals surface area contributed by atoms with Crippen LogP contribution in [0.3, 0.4) is 0 Å². The first-order valence-electron chi connectivity index (χ1n) is 12.2. The van der Waals surface area contributed by atoms with E-state index in [1.807, 2.05) is 0 Å². The average molecular weight is 441 g/mol. The summed E-state index contributed by atoms with van der Waals surface area (Å²) in [5.41, 5.74) is 2.10. The molecular formula is C25H42F2N2O2. The number of hydrogen-bond donors (Lipinski definition) is 0. The summed E-state index contributed by atoms with van der Waals surface area (Å²) in [5.74, 6) is 0. The van der Waals surface area contributed by atoms with Crippen LogP contribution in [0.25, 0.3) is 0 Å². The molecule has 0 radical (unpaired) electrons. The number of hydrogen-bond acceptors (Lipinski definition) is 4.